The summed E-state index contributed by atoms with van der Waals surface area (Å²) in [5, 5.41) is 0. The van der Waals surface area contributed by atoms with Crippen molar-refractivity contribution < 1.29 is 4.74 Å². The minimum absolute atomic E-state index is 0.606. The number of rotatable bonds is 5. The fraction of sp³-hybridized carbons (Fsp3) is 0.600. The van der Waals surface area contributed by atoms with Crippen molar-refractivity contribution in [1.29, 1.82) is 0 Å². The summed E-state index contributed by atoms with van der Waals surface area (Å²) < 4.78 is 5.45. The number of unbranched alkanes of at least 4 members (excludes halogenated alkanes) is 1. The fourth-order valence-corrected chi connectivity index (χ4v) is 3.07. The minimum Gasteiger partial charge on any atom is -0.494 e. The highest BCUT2D eigenvalue weighted by molar-refractivity contribution is 5.38. The van der Waals surface area contributed by atoms with Crippen molar-refractivity contribution in [3.8, 4) is 17.6 Å². The molecule has 0 radical (unpaired) electrons. The molecule has 1 aliphatic rings. The van der Waals surface area contributed by atoms with Gasteiger partial charge in [0.25, 0.3) is 0 Å². The molecule has 0 atom stereocenters. The van der Waals surface area contributed by atoms with Gasteiger partial charge in [0.05, 0.1) is 6.61 Å². The van der Waals surface area contributed by atoms with Crippen LogP contribution in [-0.2, 0) is 0 Å². The highest BCUT2D eigenvalue weighted by Crippen LogP contribution is 2.31. The van der Waals surface area contributed by atoms with Gasteiger partial charge >= 0.3 is 0 Å². The van der Waals surface area contributed by atoms with Gasteiger partial charge < -0.3 is 4.74 Å². The van der Waals surface area contributed by atoms with Crippen molar-refractivity contribution in [2.75, 3.05) is 6.61 Å². The Morgan fingerprint density at radius 1 is 1.05 bits per heavy atom. The van der Waals surface area contributed by atoms with Gasteiger partial charge in [-0.3, -0.25) is 0 Å². The van der Waals surface area contributed by atoms with E-state index in [1.54, 1.807) is 0 Å². The Bertz CT molecular complexity index is 455. The van der Waals surface area contributed by atoms with E-state index in [-0.39, 0.29) is 0 Å². The standard InChI is InChI=1S/C20H28O/c1-3-5-6-17-7-9-18(10-8-17)11-12-19-13-15-20(16-14-19)21-4-2/h13-18H,3-10H2,1-2H3. The molecule has 21 heavy (non-hydrogen) atoms. The zero-order valence-electron chi connectivity index (χ0n) is 13.5. The molecule has 0 aromatic heterocycles. The van der Waals surface area contributed by atoms with Crippen molar-refractivity contribution in [2.45, 2.75) is 58.8 Å². The van der Waals surface area contributed by atoms with E-state index in [1.807, 2.05) is 19.1 Å². The summed E-state index contributed by atoms with van der Waals surface area (Å²) in [6.07, 6.45) is 9.49. The summed E-state index contributed by atoms with van der Waals surface area (Å²) in [5.74, 6) is 9.31. The second-order valence-electron chi connectivity index (χ2n) is 6.09. The molecular weight excluding hydrogens is 256 g/mol. The van der Waals surface area contributed by atoms with Crippen LogP contribution in [0.2, 0.25) is 0 Å². The first-order valence-corrected chi connectivity index (χ1v) is 8.56. The van der Waals surface area contributed by atoms with Crippen molar-refractivity contribution in [3.05, 3.63) is 29.8 Å². The molecule has 0 saturated heterocycles. The highest BCUT2D eigenvalue weighted by Gasteiger charge is 2.19. The van der Waals surface area contributed by atoms with Gasteiger partial charge in [-0.2, -0.15) is 0 Å². The molecule has 0 N–H and O–H groups in total. The SMILES string of the molecule is CCCCC1CCC(C#Cc2ccc(OCC)cc2)CC1. The van der Waals surface area contributed by atoms with Gasteiger partial charge in [-0.15, -0.1) is 0 Å². The minimum atomic E-state index is 0.606. The maximum Gasteiger partial charge on any atom is 0.119 e. The smallest absolute Gasteiger partial charge is 0.119 e. The molecule has 2 rings (SSSR count). The third-order valence-corrected chi connectivity index (χ3v) is 4.40. The molecule has 0 bridgehead atoms. The molecule has 1 aromatic rings. The molecule has 114 valence electrons. The molecule has 1 aromatic carbocycles. The first-order valence-electron chi connectivity index (χ1n) is 8.56. The molecule has 0 heterocycles. The quantitative estimate of drug-likeness (QED) is 0.655. The third-order valence-electron chi connectivity index (χ3n) is 4.40. The monoisotopic (exact) mass is 284 g/mol. The van der Waals surface area contributed by atoms with Crippen LogP contribution in [0.25, 0.3) is 0 Å². The largest absolute Gasteiger partial charge is 0.494 e. The van der Waals surface area contributed by atoms with Crippen LogP contribution in [0.1, 0.15) is 64.4 Å². The third kappa shape index (κ3) is 5.46. The van der Waals surface area contributed by atoms with E-state index < -0.39 is 0 Å². The lowest BCUT2D eigenvalue weighted by Gasteiger charge is -2.25. The van der Waals surface area contributed by atoms with Crippen LogP contribution in [0.3, 0.4) is 0 Å². The Hall–Kier alpha value is -1.42. The lowest BCUT2D eigenvalue weighted by molar-refractivity contribution is 0.296. The number of hydrogen-bond acceptors (Lipinski definition) is 1. The normalized spacial score (nSPS) is 21.4. The maximum atomic E-state index is 5.45. The van der Waals surface area contributed by atoms with Crippen molar-refractivity contribution >= 4 is 0 Å². The Kier molecular flexibility index (Phi) is 6.67. The van der Waals surface area contributed by atoms with Crippen LogP contribution >= 0.6 is 0 Å². The van der Waals surface area contributed by atoms with E-state index >= 15 is 0 Å². The summed E-state index contributed by atoms with van der Waals surface area (Å²) in [7, 11) is 0. The van der Waals surface area contributed by atoms with Gasteiger partial charge in [0.1, 0.15) is 5.75 Å². The molecule has 0 aliphatic heterocycles. The summed E-state index contributed by atoms with van der Waals surface area (Å²) >= 11 is 0. The molecule has 1 fully saturated rings. The van der Waals surface area contributed by atoms with Crippen LogP contribution in [0.4, 0.5) is 0 Å². The second-order valence-corrected chi connectivity index (χ2v) is 6.09. The van der Waals surface area contributed by atoms with Crippen molar-refractivity contribution in [3.63, 3.8) is 0 Å². The summed E-state index contributed by atoms with van der Waals surface area (Å²) in [5.41, 5.74) is 1.10. The predicted molar refractivity (Wildman–Crippen MR) is 89.5 cm³/mol. The van der Waals surface area contributed by atoms with Gasteiger partial charge in [-0.25, -0.2) is 0 Å². The highest BCUT2D eigenvalue weighted by atomic mass is 16.5. The number of ether oxygens (including phenoxy) is 1. The molecule has 0 amide bonds. The Morgan fingerprint density at radius 2 is 1.76 bits per heavy atom. The van der Waals surface area contributed by atoms with E-state index in [0.29, 0.717) is 12.5 Å². The van der Waals surface area contributed by atoms with Crippen LogP contribution < -0.4 is 4.74 Å². The summed E-state index contributed by atoms with van der Waals surface area (Å²) in [6, 6.07) is 8.14. The molecular formula is C20H28O. The van der Waals surface area contributed by atoms with Crippen LogP contribution in [0.5, 0.6) is 5.75 Å². The molecule has 1 saturated carbocycles. The number of hydrogen-bond donors (Lipinski definition) is 0. The Balaban J connectivity index is 1.80. The van der Waals surface area contributed by atoms with Gasteiger partial charge in [0, 0.05) is 11.5 Å². The molecule has 0 unspecified atom stereocenters. The molecule has 1 heteroatoms. The fourth-order valence-electron chi connectivity index (χ4n) is 3.07. The van der Waals surface area contributed by atoms with Crippen molar-refractivity contribution in [2.24, 2.45) is 11.8 Å². The van der Waals surface area contributed by atoms with E-state index in [2.05, 4.69) is 30.9 Å². The van der Waals surface area contributed by atoms with Crippen LogP contribution in [0.15, 0.2) is 24.3 Å². The summed E-state index contributed by atoms with van der Waals surface area (Å²) in [6.45, 7) is 5.00. The first kappa shape index (κ1) is 16.0. The van der Waals surface area contributed by atoms with E-state index in [4.69, 9.17) is 4.74 Å². The zero-order chi connectivity index (χ0) is 14.9. The Morgan fingerprint density at radius 3 is 2.38 bits per heavy atom. The predicted octanol–water partition coefficient (Wildman–Crippen LogP) is 5.43. The second kappa shape index (κ2) is 8.78. The average Bonchev–Trinajstić information content (AvgIpc) is 2.53. The first-order chi connectivity index (χ1) is 10.3. The van der Waals surface area contributed by atoms with Crippen LogP contribution in [0, 0.1) is 23.7 Å². The topological polar surface area (TPSA) is 9.23 Å². The lowest BCUT2D eigenvalue weighted by atomic mass is 9.80. The van der Waals surface area contributed by atoms with Gasteiger partial charge in [-0.1, -0.05) is 38.0 Å². The van der Waals surface area contributed by atoms with Gasteiger partial charge in [-0.05, 0) is 62.8 Å². The van der Waals surface area contributed by atoms with E-state index in [9.17, 15) is 0 Å². The van der Waals surface area contributed by atoms with E-state index in [0.717, 1.165) is 17.2 Å². The zero-order valence-corrected chi connectivity index (χ0v) is 13.5. The molecule has 1 nitrogen and oxygen atoms in total. The van der Waals surface area contributed by atoms with Crippen LogP contribution in [-0.4, -0.2) is 6.61 Å². The van der Waals surface area contributed by atoms with Crippen molar-refractivity contribution in [1.82, 2.24) is 0 Å². The average molecular weight is 284 g/mol. The van der Waals surface area contributed by atoms with Gasteiger partial charge in [0.2, 0.25) is 0 Å². The Labute approximate surface area is 130 Å². The molecule has 1 aliphatic carbocycles. The van der Waals surface area contributed by atoms with E-state index in [1.165, 1.54) is 44.9 Å². The molecule has 0 spiro atoms. The lowest BCUT2D eigenvalue weighted by Crippen LogP contribution is -2.13. The van der Waals surface area contributed by atoms with Gasteiger partial charge in [0.15, 0.2) is 0 Å². The maximum absolute atomic E-state index is 5.45. The number of benzene rings is 1. The summed E-state index contributed by atoms with van der Waals surface area (Å²) in [4.78, 5) is 0.